The molecule has 72 valence electrons. The van der Waals surface area contributed by atoms with Gasteiger partial charge >= 0.3 is 5.97 Å². The SMILES string of the molecule is CC(C)OC(=O)C(C)[Si](C)(C)C. The first-order chi connectivity index (χ1) is 5.25. The van der Waals surface area contributed by atoms with Gasteiger partial charge in [-0.25, -0.2) is 0 Å². The van der Waals surface area contributed by atoms with Crippen LogP contribution in [0.3, 0.4) is 0 Å². The average molecular weight is 188 g/mol. The van der Waals surface area contributed by atoms with Gasteiger partial charge in [0.05, 0.1) is 14.2 Å². The van der Waals surface area contributed by atoms with E-state index in [0.29, 0.717) is 0 Å². The maximum absolute atomic E-state index is 11.4. The molecule has 0 aliphatic heterocycles. The van der Waals surface area contributed by atoms with Crippen molar-refractivity contribution >= 4 is 14.0 Å². The Kier molecular flexibility index (Phi) is 3.97. The Labute approximate surface area is 76.3 Å². The molecule has 0 saturated heterocycles. The van der Waals surface area contributed by atoms with Gasteiger partial charge in [0.2, 0.25) is 0 Å². The van der Waals surface area contributed by atoms with E-state index in [2.05, 4.69) is 19.6 Å². The third-order valence-electron chi connectivity index (χ3n) is 2.00. The highest BCUT2D eigenvalue weighted by Gasteiger charge is 2.30. The number of hydrogen-bond acceptors (Lipinski definition) is 2. The molecule has 0 bridgehead atoms. The van der Waals surface area contributed by atoms with Gasteiger partial charge in [0.1, 0.15) is 0 Å². The molecule has 1 unspecified atom stereocenters. The number of carbonyl (C=O) groups is 1. The van der Waals surface area contributed by atoms with Crippen molar-refractivity contribution in [1.82, 2.24) is 0 Å². The summed E-state index contributed by atoms with van der Waals surface area (Å²) in [7, 11) is -1.37. The van der Waals surface area contributed by atoms with Gasteiger partial charge in [-0.05, 0) is 13.8 Å². The van der Waals surface area contributed by atoms with Crippen LogP contribution in [-0.4, -0.2) is 20.1 Å². The normalized spacial score (nSPS) is 14.6. The van der Waals surface area contributed by atoms with E-state index in [1.54, 1.807) is 0 Å². The summed E-state index contributed by atoms with van der Waals surface area (Å²) in [6, 6.07) is 0. The molecule has 0 aromatic heterocycles. The predicted molar refractivity (Wildman–Crippen MR) is 54.0 cm³/mol. The summed E-state index contributed by atoms with van der Waals surface area (Å²) in [6.07, 6.45) is 0.0105. The van der Waals surface area contributed by atoms with Crippen molar-refractivity contribution in [2.45, 2.75) is 52.1 Å². The van der Waals surface area contributed by atoms with Crippen molar-refractivity contribution in [3.63, 3.8) is 0 Å². The largest absolute Gasteiger partial charge is 0.463 e. The molecule has 1 atom stereocenters. The first-order valence-electron chi connectivity index (χ1n) is 4.45. The average Bonchev–Trinajstić information content (AvgIpc) is 1.82. The quantitative estimate of drug-likeness (QED) is 0.503. The van der Waals surface area contributed by atoms with E-state index in [1.807, 2.05) is 20.8 Å². The third-order valence-corrected chi connectivity index (χ3v) is 4.84. The smallest absolute Gasteiger partial charge is 0.306 e. The molecule has 0 aromatic carbocycles. The minimum Gasteiger partial charge on any atom is -0.463 e. The molecule has 0 aromatic rings. The Hall–Kier alpha value is -0.313. The van der Waals surface area contributed by atoms with Crippen LogP contribution in [0.15, 0.2) is 0 Å². The van der Waals surface area contributed by atoms with E-state index in [1.165, 1.54) is 0 Å². The molecule has 0 N–H and O–H groups in total. The van der Waals surface area contributed by atoms with Crippen molar-refractivity contribution in [2.24, 2.45) is 0 Å². The summed E-state index contributed by atoms with van der Waals surface area (Å²) in [6.45, 7) is 12.3. The monoisotopic (exact) mass is 188 g/mol. The van der Waals surface area contributed by atoms with Crippen LogP contribution in [-0.2, 0) is 9.53 Å². The summed E-state index contributed by atoms with van der Waals surface area (Å²) < 4.78 is 5.13. The van der Waals surface area contributed by atoms with Crippen LogP contribution in [0.1, 0.15) is 20.8 Å². The van der Waals surface area contributed by atoms with Crippen LogP contribution in [0.4, 0.5) is 0 Å². The zero-order valence-electron chi connectivity index (χ0n) is 8.97. The maximum atomic E-state index is 11.4. The molecule has 0 heterocycles. The molecule has 0 fully saturated rings. The van der Waals surface area contributed by atoms with E-state index in [-0.39, 0.29) is 17.6 Å². The molecule has 0 aliphatic rings. The number of carbonyl (C=O) groups excluding carboxylic acids is 1. The van der Waals surface area contributed by atoms with E-state index >= 15 is 0 Å². The second-order valence-electron chi connectivity index (χ2n) is 4.57. The van der Waals surface area contributed by atoms with Crippen LogP contribution < -0.4 is 0 Å². The first-order valence-corrected chi connectivity index (χ1v) is 8.03. The summed E-state index contributed by atoms with van der Waals surface area (Å²) in [5, 5.41) is 0. The maximum Gasteiger partial charge on any atom is 0.306 e. The van der Waals surface area contributed by atoms with Crippen LogP contribution in [0.25, 0.3) is 0 Å². The highest BCUT2D eigenvalue weighted by molar-refractivity contribution is 6.80. The molecular formula is C9H20O2Si. The molecule has 12 heavy (non-hydrogen) atoms. The highest BCUT2D eigenvalue weighted by atomic mass is 28.3. The minimum absolute atomic E-state index is 0.0105. The number of esters is 1. The molecule has 0 radical (unpaired) electrons. The van der Waals surface area contributed by atoms with Crippen molar-refractivity contribution < 1.29 is 9.53 Å². The van der Waals surface area contributed by atoms with Gasteiger partial charge in [-0.3, -0.25) is 4.79 Å². The number of hydrogen-bond donors (Lipinski definition) is 0. The van der Waals surface area contributed by atoms with Crippen molar-refractivity contribution in [3.05, 3.63) is 0 Å². The number of ether oxygens (including phenoxy) is 1. The van der Waals surface area contributed by atoms with E-state index in [4.69, 9.17) is 4.74 Å². The lowest BCUT2D eigenvalue weighted by Gasteiger charge is -2.24. The van der Waals surface area contributed by atoms with E-state index in [0.717, 1.165) is 0 Å². The van der Waals surface area contributed by atoms with Gasteiger partial charge in [-0.2, -0.15) is 0 Å². The van der Waals surface area contributed by atoms with E-state index < -0.39 is 8.07 Å². The summed E-state index contributed by atoms with van der Waals surface area (Å²) >= 11 is 0. The summed E-state index contributed by atoms with van der Waals surface area (Å²) in [5.74, 6) is -0.0378. The standard InChI is InChI=1S/C9H20O2Si/c1-7(2)11-9(10)8(3)12(4,5)6/h7-8H,1-6H3. The van der Waals surface area contributed by atoms with E-state index in [9.17, 15) is 4.79 Å². The fourth-order valence-corrected chi connectivity index (χ4v) is 1.46. The molecule has 0 amide bonds. The van der Waals surface area contributed by atoms with Crippen LogP contribution in [0, 0.1) is 0 Å². The lowest BCUT2D eigenvalue weighted by Crippen LogP contribution is -2.33. The first kappa shape index (κ1) is 11.7. The fourth-order valence-electron chi connectivity index (χ4n) is 0.688. The van der Waals surface area contributed by atoms with Crippen molar-refractivity contribution in [1.29, 1.82) is 0 Å². The van der Waals surface area contributed by atoms with Crippen LogP contribution >= 0.6 is 0 Å². The molecule has 3 heteroatoms. The molecule has 0 rings (SSSR count). The summed E-state index contributed by atoms with van der Waals surface area (Å²) in [5.41, 5.74) is 0.0971. The highest BCUT2D eigenvalue weighted by Crippen LogP contribution is 2.22. The Morgan fingerprint density at radius 1 is 1.17 bits per heavy atom. The van der Waals surface area contributed by atoms with Gasteiger partial charge < -0.3 is 4.74 Å². The third kappa shape index (κ3) is 3.90. The second-order valence-corrected chi connectivity index (χ2v) is 10.2. The van der Waals surface area contributed by atoms with Gasteiger partial charge in [0, 0.05) is 5.54 Å². The van der Waals surface area contributed by atoms with Crippen molar-refractivity contribution in [3.8, 4) is 0 Å². The minimum atomic E-state index is -1.37. The lowest BCUT2D eigenvalue weighted by atomic mass is 10.4. The topological polar surface area (TPSA) is 26.3 Å². The van der Waals surface area contributed by atoms with Crippen LogP contribution in [0.2, 0.25) is 25.2 Å². The summed E-state index contributed by atoms with van der Waals surface area (Å²) in [4.78, 5) is 11.4. The van der Waals surface area contributed by atoms with Gasteiger partial charge in [0.25, 0.3) is 0 Å². The number of rotatable bonds is 3. The Morgan fingerprint density at radius 2 is 1.58 bits per heavy atom. The molecule has 0 spiro atoms. The van der Waals surface area contributed by atoms with Gasteiger partial charge in [-0.1, -0.05) is 26.6 Å². The molecule has 2 nitrogen and oxygen atoms in total. The van der Waals surface area contributed by atoms with Crippen LogP contribution in [0.5, 0.6) is 0 Å². The van der Waals surface area contributed by atoms with Gasteiger partial charge in [0.15, 0.2) is 0 Å². The Morgan fingerprint density at radius 3 is 1.83 bits per heavy atom. The Balaban J connectivity index is 4.12. The second kappa shape index (κ2) is 4.08. The van der Waals surface area contributed by atoms with Crippen molar-refractivity contribution in [2.75, 3.05) is 0 Å². The fraction of sp³-hybridized carbons (Fsp3) is 0.889. The zero-order chi connectivity index (χ0) is 9.94. The predicted octanol–water partition coefficient (Wildman–Crippen LogP) is 2.67. The molecular weight excluding hydrogens is 168 g/mol. The Bertz CT molecular complexity index is 158. The molecule has 0 aliphatic carbocycles. The van der Waals surface area contributed by atoms with Gasteiger partial charge in [-0.15, -0.1) is 0 Å². The zero-order valence-corrected chi connectivity index (χ0v) is 9.97. The molecule has 0 saturated carbocycles. The lowest BCUT2D eigenvalue weighted by molar-refractivity contribution is -0.147.